The molecule has 0 saturated heterocycles. The van der Waals surface area contributed by atoms with E-state index in [0.29, 0.717) is 5.92 Å². The Morgan fingerprint density at radius 2 is 1.09 bits per heavy atom. The van der Waals surface area contributed by atoms with Crippen LogP contribution in [-0.2, 0) is 5.16 Å². The highest BCUT2D eigenvalue weighted by molar-refractivity contribution is 7.19. The molecule has 2 atom stereocenters. The van der Waals surface area contributed by atoms with Crippen LogP contribution in [0.4, 0.5) is 17.3 Å². The van der Waals surface area contributed by atoms with Crippen LogP contribution in [-0.4, -0.2) is 7.25 Å². The lowest BCUT2D eigenvalue weighted by Gasteiger charge is -2.35. The fraction of sp³-hybridized carbons (Fsp3) is 0.308. The predicted molar refractivity (Wildman–Crippen MR) is 133 cm³/mol. The monoisotopic (exact) mass is 462 g/mol. The molecule has 0 nitrogen and oxygen atoms in total. The average molecular weight is 462 g/mol. The summed E-state index contributed by atoms with van der Waals surface area (Å²) >= 11 is 0. The van der Waals surface area contributed by atoms with Gasteiger partial charge in [0.05, 0.1) is 0 Å². The van der Waals surface area contributed by atoms with Gasteiger partial charge in [-0.15, -0.1) is 0 Å². The van der Waals surface area contributed by atoms with Gasteiger partial charge in [-0.2, -0.15) is 0 Å². The van der Waals surface area contributed by atoms with Gasteiger partial charge in [-0.05, 0) is 32.4 Å². The van der Waals surface area contributed by atoms with Gasteiger partial charge in [0.2, 0.25) is 0 Å². The number of halogens is 4. The molecule has 0 aromatic heterocycles. The van der Waals surface area contributed by atoms with Crippen LogP contribution in [0.5, 0.6) is 0 Å². The molecule has 172 valence electrons. The van der Waals surface area contributed by atoms with Crippen LogP contribution in [0, 0.1) is 0 Å². The molecule has 0 radical (unpaired) electrons. The minimum absolute atomic E-state index is 0.0178. The Bertz CT molecular complexity index is 840. The van der Waals surface area contributed by atoms with Crippen molar-refractivity contribution >= 4 is 16.5 Å². The summed E-state index contributed by atoms with van der Waals surface area (Å²) in [6.45, 7) is 2.29. The zero-order valence-corrected chi connectivity index (χ0v) is 20.0. The molecule has 0 aliphatic carbocycles. The van der Waals surface area contributed by atoms with Crippen molar-refractivity contribution in [1.82, 2.24) is 0 Å². The van der Waals surface area contributed by atoms with Crippen molar-refractivity contribution in [1.29, 1.82) is 0 Å². The van der Waals surface area contributed by atoms with Crippen molar-refractivity contribution in [2.75, 3.05) is 0 Å². The van der Waals surface area contributed by atoms with Gasteiger partial charge in [-0.3, -0.25) is 0 Å². The van der Waals surface area contributed by atoms with Gasteiger partial charge in [0, 0.05) is 5.92 Å². The van der Waals surface area contributed by atoms with Crippen molar-refractivity contribution in [2.24, 2.45) is 0 Å². The van der Waals surface area contributed by atoms with E-state index < -0.39 is 7.25 Å². The third-order valence-electron chi connectivity index (χ3n) is 5.72. The highest BCUT2D eigenvalue weighted by Crippen LogP contribution is 2.51. The predicted octanol–water partition coefficient (Wildman–Crippen LogP) is 8.59. The summed E-state index contributed by atoms with van der Waals surface area (Å²) in [6, 6.07) is 33.3. The first-order valence-electron chi connectivity index (χ1n) is 11.2. The summed E-state index contributed by atoms with van der Waals surface area (Å²) in [5, 5.41) is -0.0178. The molecule has 0 fully saturated rings. The first-order chi connectivity index (χ1) is 15.3. The van der Waals surface area contributed by atoms with Crippen molar-refractivity contribution in [3.63, 3.8) is 0 Å². The maximum Gasteiger partial charge on any atom is 0.673 e. The molecule has 0 heterocycles. The fourth-order valence-electron chi connectivity index (χ4n) is 4.20. The van der Waals surface area contributed by atoms with Gasteiger partial charge < -0.3 is 17.3 Å². The lowest BCUT2D eigenvalue weighted by Crippen LogP contribution is -2.29. The minimum atomic E-state index is -6.00. The Kier molecular flexibility index (Phi) is 10.4. The molecular formula is C26H32BF4P. The molecule has 0 spiro atoms. The second kappa shape index (κ2) is 12.8. The highest BCUT2D eigenvalue weighted by atomic mass is 31.0. The molecule has 0 aliphatic heterocycles. The van der Waals surface area contributed by atoms with Gasteiger partial charge >= 0.3 is 7.25 Å². The first kappa shape index (κ1) is 26.1. The zero-order valence-electron chi connectivity index (χ0n) is 18.6. The van der Waals surface area contributed by atoms with E-state index in [1.165, 1.54) is 48.8 Å². The molecule has 6 heteroatoms. The molecule has 3 aromatic rings. The van der Waals surface area contributed by atoms with Crippen LogP contribution in [0.1, 0.15) is 61.6 Å². The van der Waals surface area contributed by atoms with E-state index in [1.807, 2.05) is 0 Å². The molecule has 0 bridgehead atoms. The maximum atomic E-state index is 9.75. The van der Waals surface area contributed by atoms with Gasteiger partial charge in [0.1, 0.15) is 5.16 Å². The quantitative estimate of drug-likeness (QED) is 0.129. The van der Waals surface area contributed by atoms with E-state index >= 15 is 0 Å². The van der Waals surface area contributed by atoms with Crippen molar-refractivity contribution in [3.8, 4) is 0 Å². The summed E-state index contributed by atoms with van der Waals surface area (Å²) in [5.41, 5.74) is 4.29. The maximum absolute atomic E-state index is 9.75. The molecule has 32 heavy (non-hydrogen) atoms. The van der Waals surface area contributed by atoms with Crippen LogP contribution < -0.4 is 0 Å². The number of rotatable bonds is 9. The third kappa shape index (κ3) is 8.09. The lowest BCUT2D eigenvalue weighted by molar-refractivity contribution is 0.368. The fourth-order valence-corrected chi connectivity index (χ4v) is 5.11. The second-order valence-corrected chi connectivity index (χ2v) is 9.13. The Morgan fingerprint density at radius 1 is 0.688 bits per heavy atom. The zero-order chi connectivity index (χ0) is 23.5. The summed E-state index contributed by atoms with van der Waals surface area (Å²) < 4.78 is 39.0. The molecule has 3 rings (SSSR count). The Hall–Kier alpha value is -2.13. The van der Waals surface area contributed by atoms with E-state index in [4.69, 9.17) is 0 Å². The normalized spacial score (nSPS) is 12.7. The Balaban J connectivity index is 0.000000654. The van der Waals surface area contributed by atoms with E-state index in [-0.39, 0.29) is 5.16 Å². The van der Waals surface area contributed by atoms with Crippen LogP contribution in [0.2, 0.25) is 0 Å². The number of unbranched alkanes of at least 4 members (excludes halogenated alkanes) is 3. The van der Waals surface area contributed by atoms with E-state index in [1.54, 1.807) is 0 Å². The van der Waals surface area contributed by atoms with Crippen molar-refractivity contribution in [2.45, 2.75) is 50.1 Å². The summed E-state index contributed by atoms with van der Waals surface area (Å²) in [6.07, 6.45) is 6.44. The molecule has 0 amide bonds. The van der Waals surface area contributed by atoms with Crippen LogP contribution >= 0.6 is 9.24 Å². The standard InChI is InChI=1S/C26H31P.BF4/c1-2-3-4-14-21-25(22-15-8-5-9-16-22)26(27,23-17-10-6-11-18-23)24-19-12-7-13-20-24;2-1(3,4)5/h5-13,15-20,25H,2-4,14,21,27H2,1H3;/q;-1/p+1. The third-order valence-corrected chi connectivity index (χ3v) is 7.03. The molecule has 0 N–H and O–H groups in total. The topological polar surface area (TPSA) is 0 Å². The number of benzene rings is 3. The minimum Gasteiger partial charge on any atom is -0.418 e. The largest absolute Gasteiger partial charge is 0.673 e. The van der Waals surface area contributed by atoms with Gasteiger partial charge in [0.15, 0.2) is 0 Å². The Labute approximate surface area is 191 Å². The first-order valence-corrected chi connectivity index (χ1v) is 11.9. The van der Waals surface area contributed by atoms with Crippen molar-refractivity contribution < 1.29 is 17.3 Å². The van der Waals surface area contributed by atoms with Crippen LogP contribution in [0.25, 0.3) is 0 Å². The molecule has 0 saturated carbocycles. The van der Waals surface area contributed by atoms with Crippen LogP contribution in [0.3, 0.4) is 0 Å². The molecule has 2 unspecified atom stereocenters. The lowest BCUT2D eigenvalue weighted by atomic mass is 9.74. The van der Waals surface area contributed by atoms with E-state index in [9.17, 15) is 17.3 Å². The summed E-state index contributed by atoms with van der Waals surface area (Å²) in [5.74, 6) is 0.471. The van der Waals surface area contributed by atoms with Crippen LogP contribution in [0.15, 0.2) is 91.0 Å². The van der Waals surface area contributed by atoms with Gasteiger partial charge in [-0.25, -0.2) is 0 Å². The van der Waals surface area contributed by atoms with Gasteiger partial charge in [0.25, 0.3) is 0 Å². The van der Waals surface area contributed by atoms with Gasteiger partial charge in [-0.1, -0.05) is 124 Å². The SMILES string of the molecule is CCCCCCC(c1ccccc1)C([PH3+])(c1ccccc1)c1ccccc1.F[B-](F)(F)F. The average Bonchev–Trinajstić information content (AvgIpc) is 2.79. The molecular weight excluding hydrogens is 430 g/mol. The number of hydrogen-bond acceptors (Lipinski definition) is 0. The molecule has 3 aromatic carbocycles. The number of hydrogen-bond donors (Lipinski definition) is 0. The van der Waals surface area contributed by atoms with E-state index in [2.05, 4.69) is 107 Å². The highest BCUT2D eigenvalue weighted by Gasteiger charge is 2.43. The van der Waals surface area contributed by atoms with Crippen molar-refractivity contribution in [3.05, 3.63) is 108 Å². The van der Waals surface area contributed by atoms with E-state index in [0.717, 1.165) is 0 Å². The Morgan fingerprint density at radius 3 is 1.50 bits per heavy atom. The molecule has 0 aliphatic rings. The second-order valence-electron chi connectivity index (χ2n) is 8.01. The summed E-state index contributed by atoms with van der Waals surface area (Å²) in [4.78, 5) is 0. The smallest absolute Gasteiger partial charge is 0.418 e. The summed E-state index contributed by atoms with van der Waals surface area (Å²) in [7, 11) is -3.83.